The van der Waals surface area contributed by atoms with Crippen LogP contribution in [0.5, 0.6) is 5.75 Å². The van der Waals surface area contributed by atoms with Gasteiger partial charge in [-0.15, -0.1) is 0 Å². The maximum Gasteiger partial charge on any atom is 0.290 e. The van der Waals surface area contributed by atoms with E-state index < -0.39 is 17.2 Å². The fraction of sp³-hybridized carbons (Fsp3) is 0.111. The van der Waals surface area contributed by atoms with Crippen molar-refractivity contribution in [3.8, 4) is 5.75 Å². The highest BCUT2D eigenvalue weighted by molar-refractivity contribution is 8.18. The Kier molecular flexibility index (Phi) is 7.51. The summed E-state index contributed by atoms with van der Waals surface area (Å²) in [5.74, 6) is -0.751. The SMILES string of the molecule is O=C1NC(=O)/C(=C\c2ccc(OCC(=O)N3N=C(c4ccc(F)cc4)CC3c3ccc(Cl)c(Cl)c3)cc2)S1. The van der Waals surface area contributed by atoms with Crippen molar-refractivity contribution in [2.75, 3.05) is 6.61 Å². The molecule has 0 bridgehead atoms. The first-order valence-corrected chi connectivity index (χ1v) is 12.9. The zero-order chi connectivity index (χ0) is 26.8. The van der Waals surface area contributed by atoms with Gasteiger partial charge in [0.25, 0.3) is 17.1 Å². The van der Waals surface area contributed by atoms with Crippen molar-refractivity contribution in [1.29, 1.82) is 0 Å². The van der Waals surface area contributed by atoms with Crippen molar-refractivity contribution in [3.05, 3.63) is 104 Å². The molecule has 1 unspecified atom stereocenters. The van der Waals surface area contributed by atoms with Crippen LogP contribution in [0.25, 0.3) is 6.08 Å². The normalized spacial score (nSPS) is 18.1. The van der Waals surface area contributed by atoms with Gasteiger partial charge in [-0.1, -0.05) is 53.5 Å². The highest BCUT2D eigenvalue weighted by atomic mass is 35.5. The number of hydrogen-bond donors (Lipinski definition) is 1. The molecule has 0 saturated carbocycles. The summed E-state index contributed by atoms with van der Waals surface area (Å²) in [4.78, 5) is 36.6. The molecule has 1 saturated heterocycles. The van der Waals surface area contributed by atoms with Crippen molar-refractivity contribution in [1.82, 2.24) is 10.3 Å². The Morgan fingerprint density at radius 2 is 1.82 bits per heavy atom. The van der Waals surface area contributed by atoms with Crippen LogP contribution in [0.1, 0.15) is 29.2 Å². The molecule has 38 heavy (non-hydrogen) atoms. The van der Waals surface area contributed by atoms with Gasteiger partial charge in [-0.25, -0.2) is 9.40 Å². The summed E-state index contributed by atoms with van der Waals surface area (Å²) in [5.41, 5.74) is 2.77. The van der Waals surface area contributed by atoms with Crippen LogP contribution in [0, 0.1) is 5.82 Å². The number of hydrazone groups is 1. The lowest BCUT2D eigenvalue weighted by Gasteiger charge is -2.22. The van der Waals surface area contributed by atoms with E-state index in [9.17, 15) is 18.8 Å². The highest BCUT2D eigenvalue weighted by Crippen LogP contribution is 2.36. The van der Waals surface area contributed by atoms with Gasteiger partial charge in [-0.05, 0) is 70.9 Å². The largest absolute Gasteiger partial charge is 0.484 e. The van der Waals surface area contributed by atoms with E-state index in [1.54, 1.807) is 60.7 Å². The van der Waals surface area contributed by atoms with Crippen LogP contribution in [0.4, 0.5) is 9.18 Å². The number of amides is 3. The molecule has 0 spiro atoms. The van der Waals surface area contributed by atoms with Crippen molar-refractivity contribution in [2.24, 2.45) is 5.10 Å². The summed E-state index contributed by atoms with van der Waals surface area (Å²) < 4.78 is 19.1. The number of rotatable bonds is 6. The van der Waals surface area contributed by atoms with Crippen molar-refractivity contribution in [2.45, 2.75) is 12.5 Å². The van der Waals surface area contributed by atoms with E-state index in [2.05, 4.69) is 10.4 Å². The van der Waals surface area contributed by atoms with E-state index in [0.717, 1.165) is 17.3 Å². The second-order valence-corrected chi connectivity index (χ2v) is 10.2. The molecule has 3 aromatic carbocycles. The molecule has 1 atom stereocenters. The van der Waals surface area contributed by atoms with Crippen LogP contribution in [-0.4, -0.2) is 34.4 Å². The summed E-state index contributed by atoms with van der Waals surface area (Å²) in [6.45, 7) is -0.286. The van der Waals surface area contributed by atoms with E-state index >= 15 is 0 Å². The van der Waals surface area contributed by atoms with E-state index in [4.69, 9.17) is 27.9 Å². The summed E-state index contributed by atoms with van der Waals surface area (Å²) in [6, 6.07) is 17.3. The van der Waals surface area contributed by atoms with Gasteiger partial charge >= 0.3 is 0 Å². The molecule has 2 aliphatic rings. The molecule has 0 aromatic heterocycles. The fourth-order valence-electron chi connectivity index (χ4n) is 3.98. The Bertz CT molecular complexity index is 1490. The molecule has 1 N–H and O–H groups in total. The summed E-state index contributed by atoms with van der Waals surface area (Å²) in [5, 5.41) is 8.44. The molecule has 1 fully saturated rings. The van der Waals surface area contributed by atoms with E-state index in [-0.39, 0.29) is 18.3 Å². The number of benzene rings is 3. The number of carbonyl (C=O) groups excluding carboxylic acids is 3. The molecular formula is C27H18Cl2FN3O4S. The average molecular weight is 570 g/mol. The number of nitrogens with one attached hydrogen (secondary N) is 1. The molecular weight excluding hydrogens is 552 g/mol. The van der Waals surface area contributed by atoms with Crippen molar-refractivity contribution < 1.29 is 23.5 Å². The molecule has 192 valence electrons. The molecule has 0 radical (unpaired) electrons. The van der Waals surface area contributed by atoms with Crippen LogP contribution >= 0.6 is 35.0 Å². The van der Waals surface area contributed by atoms with Gasteiger partial charge in [0.15, 0.2) is 6.61 Å². The molecule has 5 rings (SSSR count). The highest BCUT2D eigenvalue weighted by Gasteiger charge is 2.33. The van der Waals surface area contributed by atoms with Gasteiger partial charge in [0.1, 0.15) is 11.6 Å². The Morgan fingerprint density at radius 3 is 2.47 bits per heavy atom. The lowest BCUT2D eigenvalue weighted by Crippen LogP contribution is -2.31. The average Bonchev–Trinajstić information content (AvgIpc) is 3.48. The predicted molar refractivity (Wildman–Crippen MR) is 145 cm³/mol. The van der Waals surface area contributed by atoms with Crippen LogP contribution in [0.15, 0.2) is 76.7 Å². The van der Waals surface area contributed by atoms with E-state index in [1.807, 2.05) is 0 Å². The van der Waals surface area contributed by atoms with Crippen LogP contribution in [0.3, 0.4) is 0 Å². The van der Waals surface area contributed by atoms with Gasteiger partial charge in [-0.3, -0.25) is 19.7 Å². The molecule has 11 heteroatoms. The van der Waals surface area contributed by atoms with E-state index in [0.29, 0.717) is 44.0 Å². The second kappa shape index (κ2) is 11.0. The predicted octanol–water partition coefficient (Wildman–Crippen LogP) is 6.21. The van der Waals surface area contributed by atoms with Crippen LogP contribution < -0.4 is 10.1 Å². The molecule has 0 aliphatic carbocycles. The molecule has 2 heterocycles. The van der Waals surface area contributed by atoms with E-state index in [1.165, 1.54) is 17.1 Å². The fourth-order valence-corrected chi connectivity index (χ4v) is 4.97. The second-order valence-electron chi connectivity index (χ2n) is 8.40. The summed E-state index contributed by atoms with van der Waals surface area (Å²) >= 11 is 13.1. The number of hydrogen-bond acceptors (Lipinski definition) is 6. The number of carbonyl (C=O) groups is 3. The molecule has 3 aromatic rings. The lowest BCUT2D eigenvalue weighted by molar-refractivity contribution is -0.135. The van der Waals surface area contributed by atoms with Gasteiger partial charge < -0.3 is 4.74 Å². The van der Waals surface area contributed by atoms with Crippen molar-refractivity contribution >= 4 is 63.8 Å². The number of imide groups is 1. The maximum absolute atomic E-state index is 13.4. The summed E-state index contributed by atoms with van der Waals surface area (Å²) in [7, 11) is 0. The number of ether oxygens (including phenoxy) is 1. The van der Waals surface area contributed by atoms with Gasteiger partial charge in [0, 0.05) is 6.42 Å². The monoisotopic (exact) mass is 569 g/mol. The first-order valence-electron chi connectivity index (χ1n) is 11.3. The number of thioether (sulfide) groups is 1. The topological polar surface area (TPSA) is 88.1 Å². The molecule has 2 aliphatic heterocycles. The number of nitrogens with zero attached hydrogens (tertiary/aromatic N) is 2. The Hall–Kier alpha value is -3.66. The quantitative estimate of drug-likeness (QED) is 0.356. The zero-order valence-corrected chi connectivity index (χ0v) is 21.8. The van der Waals surface area contributed by atoms with Gasteiger partial charge in [-0.2, -0.15) is 5.10 Å². The standard InChI is InChI=1S/C27H18Cl2FN3O4S/c28-20-10-5-17(12-21(20)29)23-13-22(16-3-6-18(30)7-4-16)32-33(23)25(34)14-37-19-8-1-15(2-9-19)11-24-26(35)31-27(36)38-24/h1-12,23H,13-14H2,(H,31,35,36)/b24-11+. The van der Waals surface area contributed by atoms with Crippen LogP contribution in [-0.2, 0) is 9.59 Å². The first kappa shape index (κ1) is 26.0. The maximum atomic E-state index is 13.4. The first-order chi connectivity index (χ1) is 18.3. The van der Waals surface area contributed by atoms with Crippen molar-refractivity contribution in [3.63, 3.8) is 0 Å². The lowest BCUT2D eigenvalue weighted by atomic mass is 9.98. The van der Waals surface area contributed by atoms with Gasteiger partial charge in [0.05, 0.1) is 26.7 Å². The van der Waals surface area contributed by atoms with Crippen LogP contribution in [0.2, 0.25) is 10.0 Å². The third-order valence-corrected chi connectivity index (χ3v) is 7.40. The zero-order valence-electron chi connectivity index (χ0n) is 19.5. The van der Waals surface area contributed by atoms with Gasteiger partial charge in [0.2, 0.25) is 0 Å². The molecule has 3 amide bonds. The Morgan fingerprint density at radius 1 is 1.08 bits per heavy atom. The summed E-state index contributed by atoms with van der Waals surface area (Å²) in [6.07, 6.45) is 1.99. The third kappa shape index (κ3) is 5.75. The minimum Gasteiger partial charge on any atom is -0.484 e. The Balaban J connectivity index is 1.32. The Labute approximate surface area is 231 Å². The minimum atomic E-state index is -0.451. The third-order valence-electron chi connectivity index (χ3n) is 5.85. The number of halogens is 3. The molecule has 7 nitrogen and oxygen atoms in total. The smallest absolute Gasteiger partial charge is 0.290 e. The minimum absolute atomic E-state index is 0.286.